The van der Waals surface area contributed by atoms with Crippen LogP contribution in [0, 0.1) is 11.8 Å². The normalized spacial score (nSPS) is 26.2. The van der Waals surface area contributed by atoms with E-state index in [4.69, 9.17) is 0 Å². The number of carbonyl (C=O) groups excluding carboxylic acids is 1. The van der Waals surface area contributed by atoms with E-state index < -0.39 is 0 Å². The molecule has 2 atom stereocenters. The molecule has 13 heavy (non-hydrogen) atoms. The van der Waals surface area contributed by atoms with Gasteiger partial charge in [-0.1, -0.05) is 33.6 Å². The molecule has 1 saturated carbocycles. The van der Waals surface area contributed by atoms with E-state index in [-0.39, 0.29) is 5.91 Å². The van der Waals surface area contributed by atoms with Crippen LogP contribution in [0.1, 0.15) is 46.5 Å². The molecule has 1 aliphatic carbocycles. The second kappa shape index (κ2) is 6.93. The van der Waals surface area contributed by atoms with Gasteiger partial charge in [0.05, 0.1) is 0 Å². The Labute approximate surface area is 82.1 Å². The predicted octanol–water partition coefficient (Wildman–Crippen LogP) is 2.58. The number of hydrogen-bond donors (Lipinski definition) is 1. The SMILES string of the molecule is CC.CCC1CCCC1C(=O)NC. The minimum Gasteiger partial charge on any atom is -0.359 e. The van der Waals surface area contributed by atoms with Crippen molar-refractivity contribution in [3.63, 3.8) is 0 Å². The van der Waals surface area contributed by atoms with Gasteiger partial charge in [-0.2, -0.15) is 0 Å². The Hall–Kier alpha value is -0.530. The molecule has 0 aliphatic heterocycles. The van der Waals surface area contributed by atoms with Gasteiger partial charge in [0, 0.05) is 13.0 Å². The summed E-state index contributed by atoms with van der Waals surface area (Å²) in [5, 5.41) is 2.73. The molecule has 0 aromatic heterocycles. The fraction of sp³-hybridized carbons (Fsp3) is 0.909. The first kappa shape index (κ1) is 12.5. The van der Waals surface area contributed by atoms with Crippen LogP contribution < -0.4 is 5.32 Å². The number of hydrogen-bond acceptors (Lipinski definition) is 1. The highest BCUT2D eigenvalue weighted by Gasteiger charge is 2.30. The Morgan fingerprint density at radius 2 is 2.00 bits per heavy atom. The van der Waals surface area contributed by atoms with Crippen molar-refractivity contribution in [2.45, 2.75) is 46.5 Å². The molecule has 78 valence electrons. The summed E-state index contributed by atoms with van der Waals surface area (Å²) in [7, 11) is 1.73. The van der Waals surface area contributed by atoms with Crippen LogP contribution in [0.4, 0.5) is 0 Å². The molecule has 1 N–H and O–H groups in total. The molecule has 1 rings (SSSR count). The van der Waals surface area contributed by atoms with Crippen molar-refractivity contribution >= 4 is 5.91 Å². The molecule has 1 amide bonds. The minimum absolute atomic E-state index is 0.245. The molecule has 0 saturated heterocycles. The summed E-state index contributed by atoms with van der Waals surface area (Å²) in [6, 6.07) is 0. The van der Waals surface area contributed by atoms with Gasteiger partial charge in [0.25, 0.3) is 0 Å². The fourth-order valence-electron chi connectivity index (χ4n) is 2.06. The third-order valence-corrected chi connectivity index (χ3v) is 2.77. The lowest BCUT2D eigenvalue weighted by Crippen LogP contribution is -2.29. The van der Waals surface area contributed by atoms with Crippen molar-refractivity contribution in [2.24, 2.45) is 11.8 Å². The van der Waals surface area contributed by atoms with Crippen molar-refractivity contribution < 1.29 is 4.79 Å². The number of nitrogens with one attached hydrogen (secondary N) is 1. The summed E-state index contributed by atoms with van der Waals surface area (Å²) in [4.78, 5) is 11.3. The van der Waals surface area contributed by atoms with Crippen molar-refractivity contribution in [3.05, 3.63) is 0 Å². The third kappa shape index (κ3) is 3.37. The lowest BCUT2D eigenvalue weighted by molar-refractivity contribution is -0.125. The van der Waals surface area contributed by atoms with Crippen molar-refractivity contribution in [3.8, 4) is 0 Å². The van der Waals surface area contributed by atoms with E-state index in [0.717, 1.165) is 12.8 Å². The third-order valence-electron chi connectivity index (χ3n) is 2.77. The number of amides is 1. The zero-order chi connectivity index (χ0) is 10.3. The van der Waals surface area contributed by atoms with E-state index in [1.165, 1.54) is 12.8 Å². The van der Waals surface area contributed by atoms with Gasteiger partial charge >= 0.3 is 0 Å². The maximum atomic E-state index is 11.3. The van der Waals surface area contributed by atoms with Gasteiger partial charge in [-0.15, -0.1) is 0 Å². The average Bonchev–Trinajstić information content (AvgIpc) is 2.67. The smallest absolute Gasteiger partial charge is 0.223 e. The first-order valence-corrected chi connectivity index (χ1v) is 5.51. The molecular formula is C11H23NO. The second-order valence-corrected chi connectivity index (χ2v) is 3.32. The molecule has 0 aromatic rings. The molecule has 1 aliphatic rings. The van der Waals surface area contributed by atoms with Gasteiger partial charge in [-0.25, -0.2) is 0 Å². The topological polar surface area (TPSA) is 29.1 Å². The molecule has 1 fully saturated rings. The van der Waals surface area contributed by atoms with Crippen LogP contribution in [0.15, 0.2) is 0 Å². The maximum absolute atomic E-state index is 11.3. The number of carbonyl (C=O) groups is 1. The van der Waals surface area contributed by atoms with Crippen LogP contribution in [0.5, 0.6) is 0 Å². The molecule has 0 aromatic carbocycles. The second-order valence-electron chi connectivity index (χ2n) is 3.32. The van der Waals surface area contributed by atoms with Crippen LogP contribution in [0.25, 0.3) is 0 Å². The summed E-state index contributed by atoms with van der Waals surface area (Å²) in [5.41, 5.74) is 0. The molecule has 0 radical (unpaired) electrons. The Morgan fingerprint density at radius 1 is 1.38 bits per heavy atom. The predicted molar refractivity (Wildman–Crippen MR) is 56.5 cm³/mol. The summed E-state index contributed by atoms with van der Waals surface area (Å²) in [6.07, 6.45) is 4.72. The van der Waals surface area contributed by atoms with Gasteiger partial charge in [-0.3, -0.25) is 4.79 Å². The summed E-state index contributed by atoms with van der Waals surface area (Å²) in [5.74, 6) is 1.20. The summed E-state index contributed by atoms with van der Waals surface area (Å²) in [6.45, 7) is 6.17. The highest BCUT2D eigenvalue weighted by Crippen LogP contribution is 2.33. The van der Waals surface area contributed by atoms with Gasteiger partial charge < -0.3 is 5.32 Å². The van der Waals surface area contributed by atoms with E-state index in [2.05, 4.69) is 12.2 Å². The van der Waals surface area contributed by atoms with Gasteiger partial charge in [-0.05, 0) is 18.8 Å². The molecule has 2 heteroatoms. The van der Waals surface area contributed by atoms with Gasteiger partial charge in [0.1, 0.15) is 0 Å². The molecular weight excluding hydrogens is 162 g/mol. The Bertz CT molecular complexity index is 145. The van der Waals surface area contributed by atoms with Gasteiger partial charge in [0.15, 0.2) is 0 Å². The maximum Gasteiger partial charge on any atom is 0.223 e. The van der Waals surface area contributed by atoms with Crippen LogP contribution >= 0.6 is 0 Å². The van der Waals surface area contributed by atoms with E-state index in [0.29, 0.717) is 11.8 Å². The molecule has 2 nitrogen and oxygen atoms in total. The zero-order valence-electron chi connectivity index (χ0n) is 9.39. The van der Waals surface area contributed by atoms with Crippen molar-refractivity contribution in [2.75, 3.05) is 7.05 Å². The van der Waals surface area contributed by atoms with E-state index in [1.54, 1.807) is 7.05 Å². The van der Waals surface area contributed by atoms with Crippen LogP contribution in [0.2, 0.25) is 0 Å². The van der Waals surface area contributed by atoms with Crippen LogP contribution in [-0.4, -0.2) is 13.0 Å². The van der Waals surface area contributed by atoms with E-state index in [9.17, 15) is 4.79 Å². The van der Waals surface area contributed by atoms with Crippen molar-refractivity contribution in [1.82, 2.24) is 5.32 Å². The molecule has 2 unspecified atom stereocenters. The lowest BCUT2D eigenvalue weighted by atomic mass is 9.93. The first-order chi connectivity index (χ1) is 6.29. The van der Waals surface area contributed by atoms with Crippen molar-refractivity contribution in [1.29, 1.82) is 0 Å². The molecule has 0 heterocycles. The largest absolute Gasteiger partial charge is 0.359 e. The average molecular weight is 185 g/mol. The Morgan fingerprint density at radius 3 is 2.46 bits per heavy atom. The highest BCUT2D eigenvalue weighted by molar-refractivity contribution is 5.78. The Balaban J connectivity index is 0.000000671. The fourth-order valence-corrected chi connectivity index (χ4v) is 2.06. The van der Waals surface area contributed by atoms with Crippen LogP contribution in [-0.2, 0) is 4.79 Å². The monoisotopic (exact) mass is 185 g/mol. The zero-order valence-corrected chi connectivity index (χ0v) is 9.39. The lowest BCUT2D eigenvalue weighted by Gasteiger charge is -2.15. The quantitative estimate of drug-likeness (QED) is 0.704. The minimum atomic E-state index is 0.245. The summed E-state index contributed by atoms with van der Waals surface area (Å²) >= 11 is 0. The van der Waals surface area contributed by atoms with E-state index >= 15 is 0 Å². The van der Waals surface area contributed by atoms with Gasteiger partial charge in [0.2, 0.25) is 5.91 Å². The Kier molecular flexibility index (Phi) is 6.65. The summed E-state index contributed by atoms with van der Waals surface area (Å²) < 4.78 is 0. The molecule has 0 spiro atoms. The first-order valence-electron chi connectivity index (χ1n) is 5.51. The standard InChI is InChI=1S/C9H17NO.C2H6/c1-3-7-5-4-6-8(7)9(11)10-2;1-2/h7-8H,3-6H2,1-2H3,(H,10,11);1-2H3. The number of rotatable bonds is 2. The van der Waals surface area contributed by atoms with E-state index in [1.807, 2.05) is 13.8 Å². The molecule has 0 bridgehead atoms. The van der Waals surface area contributed by atoms with Crippen LogP contribution in [0.3, 0.4) is 0 Å². The highest BCUT2D eigenvalue weighted by atomic mass is 16.1.